The Morgan fingerprint density at radius 1 is 1.54 bits per heavy atom. The molecular weight excluding hydrogens is 230 g/mol. The molecule has 0 aliphatic rings. The van der Waals surface area contributed by atoms with E-state index in [0.29, 0.717) is 6.61 Å². The quantitative estimate of drug-likeness (QED) is 0.822. The topological polar surface area (TPSA) is 21.3 Å². The fourth-order valence-corrected chi connectivity index (χ4v) is 1.47. The van der Waals surface area contributed by atoms with E-state index in [4.69, 9.17) is 4.84 Å². The van der Waals surface area contributed by atoms with Gasteiger partial charge in [0.15, 0.2) is 0 Å². The highest BCUT2D eigenvalue weighted by atomic mass is 79.9. The molecular formula is C10H14BrNO. The van der Waals surface area contributed by atoms with Crippen LogP contribution in [-0.2, 0) is 4.84 Å². The summed E-state index contributed by atoms with van der Waals surface area (Å²) in [6, 6.07) is 8.40. The maximum atomic E-state index is 5.12. The minimum atomic E-state index is 0.220. The largest absolute Gasteiger partial charge is 0.302 e. The van der Waals surface area contributed by atoms with Gasteiger partial charge in [-0.3, -0.25) is 0 Å². The van der Waals surface area contributed by atoms with Crippen molar-refractivity contribution in [2.45, 2.75) is 19.9 Å². The molecule has 1 atom stereocenters. The van der Waals surface area contributed by atoms with Gasteiger partial charge in [-0.1, -0.05) is 28.1 Å². The molecule has 0 amide bonds. The maximum Gasteiger partial charge on any atom is 0.0654 e. The molecule has 2 nitrogen and oxygen atoms in total. The molecule has 1 aromatic carbocycles. The zero-order chi connectivity index (χ0) is 9.68. The van der Waals surface area contributed by atoms with Crippen LogP contribution < -0.4 is 5.48 Å². The van der Waals surface area contributed by atoms with Crippen LogP contribution in [0, 0.1) is 0 Å². The van der Waals surface area contributed by atoms with E-state index in [9.17, 15) is 0 Å². The van der Waals surface area contributed by atoms with Crippen molar-refractivity contribution in [1.82, 2.24) is 5.48 Å². The predicted molar refractivity (Wildman–Crippen MR) is 57.3 cm³/mol. The molecule has 1 N–H and O–H groups in total. The van der Waals surface area contributed by atoms with Crippen molar-refractivity contribution in [3.63, 3.8) is 0 Å². The molecule has 0 bridgehead atoms. The standard InChI is InChI=1S/C10H14BrNO/c1-3-13-12-8(2)9-5-4-6-10(11)7-9/h4-8,12H,3H2,1-2H3/t8-/m1/s1. The summed E-state index contributed by atoms with van der Waals surface area (Å²) in [4.78, 5) is 5.12. The van der Waals surface area contributed by atoms with Gasteiger partial charge in [-0.15, -0.1) is 0 Å². The number of hydrogen-bond acceptors (Lipinski definition) is 2. The Morgan fingerprint density at radius 2 is 2.31 bits per heavy atom. The molecule has 0 aromatic heterocycles. The van der Waals surface area contributed by atoms with Crippen molar-refractivity contribution < 1.29 is 4.84 Å². The number of rotatable bonds is 4. The molecule has 0 spiro atoms. The molecule has 0 saturated carbocycles. The highest BCUT2D eigenvalue weighted by Gasteiger charge is 2.03. The van der Waals surface area contributed by atoms with Gasteiger partial charge in [-0.05, 0) is 31.5 Å². The lowest BCUT2D eigenvalue weighted by atomic mass is 10.1. The Balaban J connectivity index is 2.60. The van der Waals surface area contributed by atoms with Gasteiger partial charge in [0.2, 0.25) is 0 Å². The van der Waals surface area contributed by atoms with Crippen molar-refractivity contribution in [3.05, 3.63) is 34.3 Å². The summed E-state index contributed by atoms with van der Waals surface area (Å²) in [5.41, 5.74) is 4.17. The number of halogens is 1. The lowest BCUT2D eigenvalue weighted by molar-refractivity contribution is 0.0285. The average molecular weight is 244 g/mol. The molecule has 0 radical (unpaired) electrons. The van der Waals surface area contributed by atoms with E-state index in [0.717, 1.165) is 4.47 Å². The van der Waals surface area contributed by atoms with Gasteiger partial charge in [0.25, 0.3) is 0 Å². The van der Waals surface area contributed by atoms with Crippen LogP contribution in [0.2, 0.25) is 0 Å². The van der Waals surface area contributed by atoms with Crippen molar-refractivity contribution >= 4 is 15.9 Å². The van der Waals surface area contributed by atoms with Crippen molar-refractivity contribution in [1.29, 1.82) is 0 Å². The number of hydroxylamine groups is 1. The van der Waals surface area contributed by atoms with Crippen molar-refractivity contribution in [2.24, 2.45) is 0 Å². The zero-order valence-electron chi connectivity index (χ0n) is 7.88. The van der Waals surface area contributed by atoms with E-state index in [2.05, 4.69) is 40.5 Å². The van der Waals surface area contributed by atoms with E-state index >= 15 is 0 Å². The third-order valence-electron chi connectivity index (χ3n) is 1.75. The lowest BCUT2D eigenvalue weighted by Crippen LogP contribution is -2.18. The highest BCUT2D eigenvalue weighted by molar-refractivity contribution is 9.10. The van der Waals surface area contributed by atoms with Crippen LogP contribution in [0.4, 0.5) is 0 Å². The van der Waals surface area contributed by atoms with Crippen molar-refractivity contribution in [2.75, 3.05) is 6.61 Å². The summed E-state index contributed by atoms with van der Waals surface area (Å²) < 4.78 is 1.09. The van der Waals surface area contributed by atoms with Crippen LogP contribution in [0.1, 0.15) is 25.5 Å². The molecule has 1 rings (SSSR count). The second-order valence-electron chi connectivity index (χ2n) is 2.83. The molecule has 3 heteroatoms. The van der Waals surface area contributed by atoms with E-state index in [1.165, 1.54) is 5.56 Å². The minimum absolute atomic E-state index is 0.220. The first-order chi connectivity index (χ1) is 6.24. The summed E-state index contributed by atoms with van der Waals surface area (Å²) in [5, 5.41) is 0. The van der Waals surface area contributed by atoms with Crippen molar-refractivity contribution in [3.8, 4) is 0 Å². The second kappa shape index (κ2) is 5.37. The summed E-state index contributed by atoms with van der Waals surface area (Å²) >= 11 is 3.43. The molecule has 0 fully saturated rings. The van der Waals surface area contributed by atoms with Crippen LogP contribution in [0.3, 0.4) is 0 Å². The van der Waals surface area contributed by atoms with Crippen LogP contribution in [0.15, 0.2) is 28.7 Å². The second-order valence-corrected chi connectivity index (χ2v) is 3.74. The van der Waals surface area contributed by atoms with Crippen LogP contribution >= 0.6 is 15.9 Å². The normalized spacial score (nSPS) is 12.8. The molecule has 0 heterocycles. The number of nitrogens with one attached hydrogen (secondary N) is 1. The smallest absolute Gasteiger partial charge is 0.0654 e. The van der Waals surface area contributed by atoms with Gasteiger partial charge in [-0.2, -0.15) is 5.48 Å². The maximum absolute atomic E-state index is 5.12. The Bertz CT molecular complexity index is 265. The summed E-state index contributed by atoms with van der Waals surface area (Å²) in [7, 11) is 0. The SMILES string of the molecule is CCON[C@H](C)c1cccc(Br)c1. The molecule has 0 unspecified atom stereocenters. The van der Waals surface area contributed by atoms with E-state index in [1.807, 2.05) is 19.1 Å². The minimum Gasteiger partial charge on any atom is -0.302 e. The fourth-order valence-electron chi connectivity index (χ4n) is 1.05. The summed E-state index contributed by atoms with van der Waals surface area (Å²) in [6.45, 7) is 4.70. The molecule has 72 valence electrons. The Labute approximate surface area is 87.4 Å². The Kier molecular flexibility index (Phi) is 4.42. The first-order valence-corrected chi connectivity index (χ1v) is 5.16. The molecule has 13 heavy (non-hydrogen) atoms. The van der Waals surface area contributed by atoms with Gasteiger partial charge < -0.3 is 4.84 Å². The first-order valence-electron chi connectivity index (χ1n) is 4.36. The van der Waals surface area contributed by atoms with Crippen LogP contribution in [0.25, 0.3) is 0 Å². The third kappa shape index (κ3) is 3.46. The highest BCUT2D eigenvalue weighted by Crippen LogP contribution is 2.17. The first kappa shape index (κ1) is 10.7. The van der Waals surface area contributed by atoms with Gasteiger partial charge in [0.05, 0.1) is 12.6 Å². The fraction of sp³-hybridized carbons (Fsp3) is 0.400. The van der Waals surface area contributed by atoms with Gasteiger partial charge in [0.1, 0.15) is 0 Å². The number of hydrogen-bond donors (Lipinski definition) is 1. The van der Waals surface area contributed by atoms with E-state index in [1.54, 1.807) is 0 Å². The summed E-state index contributed by atoms with van der Waals surface area (Å²) in [6.07, 6.45) is 0. The van der Waals surface area contributed by atoms with E-state index in [-0.39, 0.29) is 6.04 Å². The van der Waals surface area contributed by atoms with Gasteiger partial charge >= 0.3 is 0 Å². The Morgan fingerprint density at radius 3 is 2.92 bits per heavy atom. The molecule has 0 saturated heterocycles. The zero-order valence-corrected chi connectivity index (χ0v) is 9.47. The van der Waals surface area contributed by atoms with Crippen LogP contribution in [0.5, 0.6) is 0 Å². The van der Waals surface area contributed by atoms with Gasteiger partial charge in [0, 0.05) is 4.47 Å². The third-order valence-corrected chi connectivity index (χ3v) is 2.25. The molecule has 1 aromatic rings. The molecule has 0 aliphatic heterocycles. The van der Waals surface area contributed by atoms with Gasteiger partial charge in [-0.25, -0.2) is 0 Å². The predicted octanol–water partition coefficient (Wildman–Crippen LogP) is 3.05. The lowest BCUT2D eigenvalue weighted by Gasteiger charge is -2.13. The average Bonchev–Trinajstić information content (AvgIpc) is 2.14. The Hall–Kier alpha value is -0.380. The van der Waals surface area contributed by atoms with Crippen LogP contribution in [-0.4, -0.2) is 6.61 Å². The number of benzene rings is 1. The monoisotopic (exact) mass is 243 g/mol. The van der Waals surface area contributed by atoms with E-state index < -0.39 is 0 Å². The summed E-state index contributed by atoms with van der Waals surface area (Å²) in [5.74, 6) is 0. The molecule has 0 aliphatic carbocycles.